The molecule has 4 heteroatoms. The average molecular weight is 311 g/mol. The summed E-state index contributed by atoms with van der Waals surface area (Å²) in [6.07, 6.45) is 0.286. The number of halogens is 2. The third-order valence-electron chi connectivity index (χ3n) is 3.06. The van der Waals surface area contributed by atoms with Crippen molar-refractivity contribution in [1.29, 1.82) is 0 Å². The second kappa shape index (κ2) is 6.49. The highest BCUT2D eigenvalue weighted by Crippen LogP contribution is 2.33. The van der Waals surface area contributed by atoms with Gasteiger partial charge in [-0.1, -0.05) is 36.2 Å². The molecule has 2 rings (SSSR count). The Bertz CT molecular complexity index is 609. The fourth-order valence-electron chi connectivity index (χ4n) is 1.87. The van der Waals surface area contributed by atoms with Crippen LogP contribution in [0.2, 0.25) is 10.0 Å². The Balaban J connectivity index is 2.26. The standard InChI is InChI=1S/C16H16Cl2O2/c1-3-11-8-13(5-6-14(11)17)20-16-7-4-12(10(2)19)9-15(16)18/h4-10,19H,3H2,1-2H3/t10-/m1/s1. The molecule has 20 heavy (non-hydrogen) atoms. The van der Waals surface area contributed by atoms with Crippen molar-refractivity contribution in [2.45, 2.75) is 26.4 Å². The average Bonchev–Trinajstić information content (AvgIpc) is 2.42. The van der Waals surface area contributed by atoms with Crippen LogP contribution in [0.4, 0.5) is 0 Å². The van der Waals surface area contributed by atoms with Crippen molar-refractivity contribution in [2.24, 2.45) is 0 Å². The van der Waals surface area contributed by atoms with E-state index in [9.17, 15) is 5.11 Å². The molecule has 2 aromatic rings. The zero-order valence-electron chi connectivity index (χ0n) is 11.4. The Labute approximate surface area is 128 Å². The molecule has 0 aliphatic carbocycles. The summed E-state index contributed by atoms with van der Waals surface area (Å²) in [6.45, 7) is 3.73. The van der Waals surface area contributed by atoms with Crippen LogP contribution in [-0.2, 0) is 6.42 Å². The van der Waals surface area contributed by atoms with Crippen LogP contribution in [0, 0.1) is 0 Å². The smallest absolute Gasteiger partial charge is 0.146 e. The zero-order valence-corrected chi connectivity index (χ0v) is 12.9. The topological polar surface area (TPSA) is 29.5 Å². The number of ether oxygens (including phenoxy) is 1. The van der Waals surface area contributed by atoms with E-state index < -0.39 is 6.10 Å². The Kier molecular flexibility index (Phi) is 4.92. The van der Waals surface area contributed by atoms with E-state index in [1.165, 1.54) is 0 Å². The van der Waals surface area contributed by atoms with Gasteiger partial charge in [0.25, 0.3) is 0 Å². The molecule has 0 radical (unpaired) electrons. The molecular formula is C16H16Cl2O2. The Morgan fingerprint density at radius 1 is 1.10 bits per heavy atom. The highest BCUT2D eigenvalue weighted by Gasteiger charge is 2.08. The number of hydrogen-bond donors (Lipinski definition) is 1. The molecule has 106 valence electrons. The second-order valence-corrected chi connectivity index (χ2v) is 5.39. The first kappa shape index (κ1) is 15.2. The van der Waals surface area contributed by atoms with Crippen molar-refractivity contribution in [3.05, 3.63) is 57.6 Å². The Hall–Kier alpha value is -1.22. The zero-order chi connectivity index (χ0) is 14.7. The van der Waals surface area contributed by atoms with Crippen molar-refractivity contribution in [3.8, 4) is 11.5 Å². The van der Waals surface area contributed by atoms with Crippen LogP contribution in [0.5, 0.6) is 11.5 Å². The molecule has 0 unspecified atom stereocenters. The summed E-state index contributed by atoms with van der Waals surface area (Å²) in [5, 5.41) is 10.7. The number of aryl methyl sites for hydroxylation is 1. The third-order valence-corrected chi connectivity index (χ3v) is 3.73. The van der Waals surface area contributed by atoms with Crippen molar-refractivity contribution in [3.63, 3.8) is 0 Å². The Morgan fingerprint density at radius 2 is 1.85 bits per heavy atom. The maximum Gasteiger partial charge on any atom is 0.146 e. The lowest BCUT2D eigenvalue weighted by Gasteiger charge is -2.11. The highest BCUT2D eigenvalue weighted by molar-refractivity contribution is 6.32. The van der Waals surface area contributed by atoms with E-state index in [1.807, 2.05) is 19.1 Å². The molecule has 0 fully saturated rings. The molecule has 1 atom stereocenters. The largest absolute Gasteiger partial charge is 0.456 e. The van der Waals surface area contributed by atoms with Gasteiger partial charge in [0.1, 0.15) is 11.5 Å². The molecule has 0 aliphatic heterocycles. The van der Waals surface area contributed by atoms with E-state index in [-0.39, 0.29) is 0 Å². The van der Waals surface area contributed by atoms with E-state index in [0.29, 0.717) is 16.5 Å². The van der Waals surface area contributed by atoms with Crippen LogP contribution < -0.4 is 4.74 Å². The van der Waals surface area contributed by atoms with Crippen LogP contribution in [0.25, 0.3) is 0 Å². The maximum atomic E-state index is 9.51. The monoisotopic (exact) mass is 310 g/mol. The fourth-order valence-corrected chi connectivity index (χ4v) is 2.35. The Morgan fingerprint density at radius 3 is 2.45 bits per heavy atom. The van der Waals surface area contributed by atoms with Crippen molar-refractivity contribution in [1.82, 2.24) is 0 Å². The van der Waals surface area contributed by atoms with Crippen LogP contribution in [-0.4, -0.2) is 5.11 Å². The van der Waals surface area contributed by atoms with E-state index >= 15 is 0 Å². The summed E-state index contributed by atoms with van der Waals surface area (Å²) >= 11 is 12.2. The predicted molar refractivity (Wildman–Crippen MR) is 83.0 cm³/mol. The van der Waals surface area contributed by atoms with E-state index in [2.05, 4.69) is 0 Å². The molecule has 2 aromatic carbocycles. The number of benzene rings is 2. The number of hydrogen-bond acceptors (Lipinski definition) is 2. The van der Waals surface area contributed by atoms with Gasteiger partial charge in [-0.2, -0.15) is 0 Å². The lowest BCUT2D eigenvalue weighted by Crippen LogP contribution is -1.93. The van der Waals surface area contributed by atoms with E-state index in [4.69, 9.17) is 27.9 Å². The van der Waals surface area contributed by atoms with Gasteiger partial charge in [0.05, 0.1) is 11.1 Å². The third kappa shape index (κ3) is 3.45. The van der Waals surface area contributed by atoms with Gasteiger partial charge < -0.3 is 9.84 Å². The van der Waals surface area contributed by atoms with Crippen molar-refractivity contribution >= 4 is 23.2 Å². The van der Waals surface area contributed by atoms with Crippen molar-refractivity contribution in [2.75, 3.05) is 0 Å². The SMILES string of the molecule is CCc1cc(Oc2ccc([C@@H](C)O)cc2Cl)ccc1Cl. The summed E-state index contributed by atoms with van der Waals surface area (Å²) in [7, 11) is 0. The first-order valence-corrected chi connectivity index (χ1v) is 7.20. The first-order valence-electron chi connectivity index (χ1n) is 6.45. The molecule has 1 N–H and O–H groups in total. The molecule has 0 saturated carbocycles. The summed E-state index contributed by atoms with van der Waals surface area (Å²) in [5.74, 6) is 1.25. The molecule has 0 aliphatic rings. The number of aliphatic hydroxyl groups is 1. The molecule has 2 nitrogen and oxygen atoms in total. The van der Waals surface area contributed by atoms with Crippen LogP contribution in [0.1, 0.15) is 31.1 Å². The van der Waals surface area contributed by atoms with Gasteiger partial charge in [0.2, 0.25) is 0 Å². The van der Waals surface area contributed by atoms with Crippen LogP contribution >= 0.6 is 23.2 Å². The second-order valence-electron chi connectivity index (χ2n) is 4.57. The summed E-state index contributed by atoms with van der Waals surface area (Å²) < 4.78 is 5.77. The first-order chi connectivity index (χ1) is 9.51. The van der Waals surface area contributed by atoms with Gasteiger partial charge in [-0.25, -0.2) is 0 Å². The molecule has 0 amide bonds. The fraction of sp³-hybridized carbons (Fsp3) is 0.250. The minimum absolute atomic E-state index is 0.469. The van der Waals surface area contributed by atoms with Gasteiger partial charge in [-0.15, -0.1) is 0 Å². The maximum absolute atomic E-state index is 9.51. The number of aliphatic hydroxyl groups excluding tert-OH is 1. The van der Waals surface area contributed by atoms with Crippen LogP contribution in [0.15, 0.2) is 36.4 Å². The molecule has 0 spiro atoms. The summed E-state index contributed by atoms with van der Waals surface area (Å²) in [5.41, 5.74) is 1.79. The quantitative estimate of drug-likeness (QED) is 0.819. The molecule has 0 bridgehead atoms. The molecular weight excluding hydrogens is 295 g/mol. The lowest BCUT2D eigenvalue weighted by atomic mass is 10.1. The molecule has 0 saturated heterocycles. The van der Waals surface area contributed by atoms with Crippen molar-refractivity contribution < 1.29 is 9.84 Å². The van der Waals surface area contributed by atoms with Crippen LogP contribution in [0.3, 0.4) is 0 Å². The van der Waals surface area contributed by atoms with Gasteiger partial charge >= 0.3 is 0 Å². The normalized spacial score (nSPS) is 12.2. The minimum Gasteiger partial charge on any atom is -0.456 e. The lowest BCUT2D eigenvalue weighted by molar-refractivity contribution is 0.199. The van der Waals surface area contributed by atoms with Gasteiger partial charge in [0, 0.05) is 5.02 Å². The molecule has 0 aromatic heterocycles. The number of rotatable bonds is 4. The predicted octanol–water partition coefficient (Wildman–Crippen LogP) is 5.40. The van der Waals surface area contributed by atoms with Gasteiger partial charge in [-0.3, -0.25) is 0 Å². The summed E-state index contributed by atoms with van der Waals surface area (Å²) in [4.78, 5) is 0. The van der Waals surface area contributed by atoms with Gasteiger partial charge in [-0.05, 0) is 54.8 Å². The highest BCUT2D eigenvalue weighted by atomic mass is 35.5. The summed E-state index contributed by atoms with van der Waals surface area (Å²) in [6, 6.07) is 10.8. The van der Waals surface area contributed by atoms with E-state index in [0.717, 1.165) is 22.6 Å². The minimum atomic E-state index is -0.552. The van der Waals surface area contributed by atoms with Gasteiger partial charge in [0.15, 0.2) is 0 Å². The molecule has 0 heterocycles. The van der Waals surface area contributed by atoms with E-state index in [1.54, 1.807) is 31.2 Å².